The molecular formula is C48H57N7O4. The van der Waals surface area contributed by atoms with E-state index in [0.717, 1.165) is 101 Å². The molecule has 1 atom stereocenters. The van der Waals surface area contributed by atoms with Crippen molar-refractivity contribution in [3.63, 3.8) is 0 Å². The van der Waals surface area contributed by atoms with Crippen LogP contribution in [0.15, 0.2) is 91.1 Å². The number of hydrogen-bond donors (Lipinski definition) is 2. The first-order valence-electron chi connectivity index (χ1n) is 22.0. The predicted molar refractivity (Wildman–Crippen MR) is 229 cm³/mol. The quantitative estimate of drug-likeness (QED) is 0.161. The summed E-state index contributed by atoms with van der Waals surface area (Å²) in [4.78, 5) is 48.9. The first-order chi connectivity index (χ1) is 28.8. The summed E-state index contributed by atoms with van der Waals surface area (Å²) < 4.78 is 0. The zero-order valence-corrected chi connectivity index (χ0v) is 34.1. The monoisotopic (exact) mass is 795 g/mol. The Morgan fingerprint density at radius 2 is 1.44 bits per heavy atom. The summed E-state index contributed by atoms with van der Waals surface area (Å²) in [5.41, 5.74) is 5.02. The number of aromatic nitrogens is 2. The zero-order valence-electron chi connectivity index (χ0n) is 34.1. The Kier molecular flexibility index (Phi) is 11.4. The maximum atomic E-state index is 15.2. The summed E-state index contributed by atoms with van der Waals surface area (Å²) >= 11 is 0. The largest absolute Gasteiger partial charge is 0.507 e. The standard InChI is InChI=1S/C48H57N7O4/c56-44-9-5-4-8-42(44)43-32-40(33-49-51-43)54-30-23-48(24-31-54,36-6-2-1-3-7-36)47(59)55(38-14-15-38)39-21-26-52(27-22-39)25-18-34-19-28-53(29-20-34)37-12-10-35(11-13-37)41-16-17-45(57)50-46(41)58/h1-13,32-34,38-39,41,56H,14-31H2,(H,50,57,58)/t41-/m1/s1. The fraction of sp³-hybridized carbons (Fsp3) is 0.479. The molecule has 308 valence electrons. The van der Waals surface area contributed by atoms with Gasteiger partial charge >= 0.3 is 0 Å². The molecule has 3 amide bonds. The average molecular weight is 796 g/mol. The minimum absolute atomic E-state index is 0.175. The van der Waals surface area contributed by atoms with Gasteiger partial charge in [0.25, 0.3) is 0 Å². The molecule has 1 saturated carbocycles. The van der Waals surface area contributed by atoms with Gasteiger partial charge in [-0.2, -0.15) is 10.2 Å². The van der Waals surface area contributed by atoms with Crippen molar-refractivity contribution >= 4 is 29.1 Å². The van der Waals surface area contributed by atoms with Crippen molar-refractivity contribution in [2.45, 2.75) is 94.0 Å². The third kappa shape index (κ3) is 8.44. The van der Waals surface area contributed by atoms with Crippen molar-refractivity contribution in [2.75, 3.05) is 55.6 Å². The second kappa shape index (κ2) is 17.1. The van der Waals surface area contributed by atoms with Gasteiger partial charge in [-0.3, -0.25) is 19.7 Å². The molecule has 11 heteroatoms. The number of likely N-dealkylation sites (tertiary alicyclic amines) is 1. The molecule has 5 fully saturated rings. The van der Waals surface area contributed by atoms with Crippen LogP contribution in [0.4, 0.5) is 11.4 Å². The van der Waals surface area contributed by atoms with Gasteiger partial charge in [0.05, 0.1) is 28.9 Å². The highest BCUT2D eigenvalue weighted by Gasteiger charge is 2.50. The van der Waals surface area contributed by atoms with Gasteiger partial charge in [0, 0.05) is 69.0 Å². The van der Waals surface area contributed by atoms with Crippen molar-refractivity contribution in [1.82, 2.24) is 25.3 Å². The van der Waals surface area contributed by atoms with E-state index in [2.05, 4.69) is 83.6 Å². The van der Waals surface area contributed by atoms with Crippen LogP contribution in [0.5, 0.6) is 5.75 Å². The number of nitrogens with one attached hydrogen (secondary N) is 1. The highest BCUT2D eigenvalue weighted by atomic mass is 16.3. The average Bonchev–Trinajstić information content (AvgIpc) is 4.12. The van der Waals surface area contributed by atoms with Crippen molar-refractivity contribution < 1.29 is 19.5 Å². The number of amides is 3. The number of carbonyl (C=O) groups excluding carboxylic acids is 3. The highest BCUT2D eigenvalue weighted by molar-refractivity contribution is 6.01. The molecule has 1 aliphatic carbocycles. The van der Waals surface area contributed by atoms with E-state index in [1.165, 1.54) is 24.9 Å². The van der Waals surface area contributed by atoms with E-state index in [-0.39, 0.29) is 29.5 Å². The van der Waals surface area contributed by atoms with E-state index >= 15 is 4.79 Å². The van der Waals surface area contributed by atoms with E-state index in [1.54, 1.807) is 18.3 Å². The van der Waals surface area contributed by atoms with E-state index < -0.39 is 5.41 Å². The highest BCUT2D eigenvalue weighted by Crippen LogP contribution is 2.43. The number of rotatable bonds is 11. The van der Waals surface area contributed by atoms with Gasteiger partial charge in [-0.15, -0.1) is 0 Å². The summed E-state index contributed by atoms with van der Waals surface area (Å²) in [6, 6.07) is 28.8. The number of anilines is 2. The molecule has 4 saturated heterocycles. The number of carbonyl (C=O) groups is 3. The molecule has 3 aromatic carbocycles. The summed E-state index contributed by atoms with van der Waals surface area (Å²) in [6.07, 6.45) is 12.1. The van der Waals surface area contributed by atoms with Crippen molar-refractivity contribution in [1.29, 1.82) is 0 Å². The van der Waals surface area contributed by atoms with Crippen LogP contribution in [0.1, 0.15) is 87.7 Å². The molecule has 5 heterocycles. The second-order valence-electron chi connectivity index (χ2n) is 17.6. The van der Waals surface area contributed by atoms with Crippen LogP contribution in [0, 0.1) is 5.92 Å². The third-order valence-electron chi connectivity index (χ3n) is 14.0. The lowest BCUT2D eigenvalue weighted by atomic mass is 9.71. The Morgan fingerprint density at radius 1 is 0.763 bits per heavy atom. The van der Waals surface area contributed by atoms with Crippen LogP contribution in [0.3, 0.4) is 0 Å². The molecule has 5 aliphatic rings. The molecule has 1 aromatic heterocycles. The molecule has 4 aliphatic heterocycles. The molecule has 0 unspecified atom stereocenters. The van der Waals surface area contributed by atoms with Crippen LogP contribution < -0.4 is 15.1 Å². The molecule has 4 aromatic rings. The molecule has 9 rings (SSSR count). The van der Waals surface area contributed by atoms with Gasteiger partial charge in [-0.05, 0) is 118 Å². The predicted octanol–water partition coefficient (Wildman–Crippen LogP) is 6.67. The third-order valence-corrected chi connectivity index (χ3v) is 14.0. The van der Waals surface area contributed by atoms with Gasteiger partial charge in [0.1, 0.15) is 5.75 Å². The van der Waals surface area contributed by atoms with E-state index in [9.17, 15) is 14.7 Å². The van der Waals surface area contributed by atoms with Gasteiger partial charge in [-0.1, -0.05) is 54.6 Å². The molecule has 0 bridgehead atoms. The Balaban J connectivity index is 0.787. The molecule has 0 radical (unpaired) electrons. The molecule has 2 N–H and O–H groups in total. The second-order valence-corrected chi connectivity index (χ2v) is 17.6. The van der Waals surface area contributed by atoms with Gasteiger partial charge < -0.3 is 24.7 Å². The first kappa shape index (κ1) is 39.2. The summed E-state index contributed by atoms with van der Waals surface area (Å²) in [5.74, 6) is 0.626. The molecular weight excluding hydrogens is 739 g/mol. The van der Waals surface area contributed by atoms with Crippen molar-refractivity contribution in [3.05, 3.63) is 102 Å². The topological polar surface area (TPSA) is 122 Å². The Morgan fingerprint density at radius 3 is 2.14 bits per heavy atom. The summed E-state index contributed by atoms with van der Waals surface area (Å²) in [6.45, 7) is 6.76. The smallest absolute Gasteiger partial charge is 0.234 e. The van der Waals surface area contributed by atoms with Crippen molar-refractivity contribution in [3.8, 4) is 17.0 Å². The van der Waals surface area contributed by atoms with Gasteiger partial charge in [0.2, 0.25) is 17.7 Å². The Hall–Kier alpha value is -5.29. The van der Waals surface area contributed by atoms with E-state index in [0.29, 0.717) is 42.0 Å². The van der Waals surface area contributed by atoms with Crippen LogP contribution in [0.2, 0.25) is 0 Å². The van der Waals surface area contributed by atoms with E-state index in [1.807, 2.05) is 24.3 Å². The van der Waals surface area contributed by atoms with Crippen LogP contribution in [0.25, 0.3) is 11.3 Å². The number of aromatic hydroxyl groups is 1. The minimum Gasteiger partial charge on any atom is -0.507 e. The van der Waals surface area contributed by atoms with Gasteiger partial charge in [-0.25, -0.2) is 0 Å². The van der Waals surface area contributed by atoms with Crippen LogP contribution >= 0.6 is 0 Å². The first-order valence-corrected chi connectivity index (χ1v) is 22.0. The fourth-order valence-corrected chi connectivity index (χ4v) is 10.3. The lowest BCUT2D eigenvalue weighted by Gasteiger charge is -2.47. The van der Waals surface area contributed by atoms with Gasteiger partial charge in [0.15, 0.2) is 0 Å². The maximum absolute atomic E-state index is 15.2. The number of nitrogens with zero attached hydrogens (tertiary/aromatic N) is 6. The molecule has 59 heavy (non-hydrogen) atoms. The number of hydrogen-bond acceptors (Lipinski definition) is 9. The van der Waals surface area contributed by atoms with Crippen LogP contribution in [-0.2, 0) is 19.8 Å². The zero-order chi connectivity index (χ0) is 40.3. The molecule has 11 nitrogen and oxygen atoms in total. The van der Waals surface area contributed by atoms with Crippen molar-refractivity contribution in [2.24, 2.45) is 5.92 Å². The number of para-hydroxylation sites is 1. The fourth-order valence-electron chi connectivity index (χ4n) is 10.3. The number of phenolic OH excluding ortho intramolecular Hbond substituents is 1. The number of benzene rings is 3. The number of imide groups is 1. The summed E-state index contributed by atoms with van der Waals surface area (Å²) in [7, 11) is 0. The maximum Gasteiger partial charge on any atom is 0.234 e. The Bertz CT molecular complexity index is 2100. The number of piperidine rings is 4. The summed E-state index contributed by atoms with van der Waals surface area (Å²) in [5, 5.41) is 21.6. The lowest BCUT2D eigenvalue weighted by Crippen LogP contribution is -2.57. The van der Waals surface area contributed by atoms with Crippen LogP contribution in [-0.4, -0.2) is 101 Å². The molecule has 0 spiro atoms. The Labute approximate surface area is 347 Å². The van der Waals surface area contributed by atoms with E-state index in [4.69, 9.17) is 0 Å². The lowest BCUT2D eigenvalue weighted by molar-refractivity contribution is -0.143. The minimum atomic E-state index is -0.567. The SMILES string of the molecule is O=C1CC[C@H](c2ccc(N3CCC(CCN4CCC(N(C(=O)C5(c6ccccc6)CCN(c6cnnc(-c7ccccc7O)c6)CC5)C5CC5)CC4)CC3)cc2)C(=O)N1. The normalized spacial score (nSPS) is 21.9. The number of phenols is 1.